The summed E-state index contributed by atoms with van der Waals surface area (Å²) < 4.78 is 11.1. The molecule has 1 heterocycles. The lowest BCUT2D eigenvalue weighted by atomic mass is 9.98. The first-order valence-corrected chi connectivity index (χ1v) is 24.9. The number of carbonyl (C=O) groups excluding carboxylic acids is 1. The maximum absolute atomic E-state index is 13.1. The molecule has 0 aromatic heterocycles. The van der Waals surface area contributed by atoms with E-state index in [1.807, 2.05) is 0 Å². The van der Waals surface area contributed by atoms with Gasteiger partial charge in [-0.3, -0.25) is 4.79 Å². The lowest BCUT2D eigenvalue weighted by molar-refractivity contribution is -0.303. The first kappa shape index (κ1) is 56.1. The van der Waals surface area contributed by atoms with Crippen molar-refractivity contribution in [3.8, 4) is 0 Å². The van der Waals surface area contributed by atoms with Crippen molar-refractivity contribution < 1.29 is 50.0 Å². The zero-order valence-corrected chi connectivity index (χ0v) is 38.0. The van der Waals surface area contributed by atoms with E-state index >= 15 is 0 Å². The third kappa shape index (κ3) is 28.4. The van der Waals surface area contributed by atoms with Crippen LogP contribution in [-0.2, 0) is 14.3 Å². The van der Waals surface area contributed by atoms with Crippen LogP contribution in [0.2, 0.25) is 0 Å². The quantitative estimate of drug-likeness (QED) is 0.0276. The van der Waals surface area contributed by atoms with Gasteiger partial charge in [-0.1, -0.05) is 219 Å². The van der Waals surface area contributed by atoms with Gasteiger partial charge in [0.1, 0.15) is 36.6 Å². The molecule has 9 unspecified atom stereocenters. The molecule has 0 bridgehead atoms. The van der Waals surface area contributed by atoms with Gasteiger partial charge in [0.2, 0.25) is 5.91 Å². The second-order valence-electron chi connectivity index (χ2n) is 17.9. The largest absolute Gasteiger partial charge is 0.394 e. The Bertz CT molecular complexity index is 928. The van der Waals surface area contributed by atoms with E-state index in [9.17, 15) is 40.5 Å². The Morgan fingerprint density at radius 3 is 1.25 bits per heavy atom. The fourth-order valence-corrected chi connectivity index (χ4v) is 8.27. The minimum absolute atomic E-state index is 0.266. The second kappa shape index (κ2) is 38.8. The van der Waals surface area contributed by atoms with Gasteiger partial charge < -0.3 is 50.5 Å². The van der Waals surface area contributed by atoms with Crippen molar-refractivity contribution in [2.24, 2.45) is 0 Å². The van der Waals surface area contributed by atoms with Gasteiger partial charge in [-0.15, -0.1) is 0 Å². The van der Waals surface area contributed by atoms with E-state index < -0.39 is 74.2 Å². The van der Waals surface area contributed by atoms with Crippen LogP contribution in [0.25, 0.3) is 0 Å². The molecule has 9 atom stereocenters. The fourth-order valence-electron chi connectivity index (χ4n) is 8.27. The van der Waals surface area contributed by atoms with Gasteiger partial charge in [-0.2, -0.15) is 0 Å². The monoisotopic (exact) mass is 846 g/mol. The highest BCUT2D eigenvalue weighted by Crippen LogP contribution is 2.23. The number of aliphatic hydroxyl groups is 7. The standard InChI is InChI=1S/C48H95NO10/c1-3-5-7-9-11-13-15-17-19-20-22-23-25-27-29-31-33-35-40(51)43(53)39(38-58-48-46(56)45(55)44(54)42(37-50)59-48)49-47(57)41(52)36-34-32-30-28-26-24-21-18-16-14-12-10-8-6-4-2/h39-46,48,50-56H,3-38H2,1-2H3,(H,49,57). The van der Waals surface area contributed by atoms with Gasteiger partial charge in [-0.05, 0) is 12.8 Å². The number of carbonyl (C=O) groups is 1. The number of nitrogens with one attached hydrogen (secondary N) is 1. The summed E-state index contributed by atoms with van der Waals surface area (Å²) in [4.78, 5) is 13.1. The summed E-state index contributed by atoms with van der Waals surface area (Å²) in [5.74, 6) is -0.693. The average Bonchev–Trinajstić information content (AvgIpc) is 3.23. The molecule has 0 radical (unpaired) electrons. The maximum Gasteiger partial charge on any atom is 0.249 e. The summed E-state index contributed by atoms with van der Waals surface area (Å²) in [5.41, 5.74) is 0. The molecule has 1 aliphatic rings. The highest BCUT2D eigenvalue weighted by Gasteiger charge is 2.44. The number of rotatable bonds is 42. The Labute approximate surface area is 360 Å². The Kier molecular flexibility index (Phi) is 36.9. The number of unbranched alkanes of at least 4 members (excludes halogenated alkanes) is 30. The molecule has 1 amide bonds. The third-order valence-electron chi connectivity index (χ3n) is 12.4. The molecular formula is C48H95NO10. The molecule has 352 valence electrons. The maximum atomic E-state index is 13.1. The predicted molar refractivity (Wildman–Crippen MR) is 238 cm³/mol. The highest BCUT2D eigenvalue weighted by atomic mass is 16.7. The van der Waals surface area contributed by atoms with Gasteiger partial charge in [0.15, 0.2) is 6.29 Å². The lowest BCUT2D eigenvalue weighted by Gasteiger charge is -2.40. The molecule has 0 spiro atoms. The zero-order chi connectivity index (χ0) is 43.4. The van der Waals surface area contributed by atoms with Gasteiger partial charge in [-0.25, -0.2) is 0 Å². The van der Waals surface area contributed by atoms with Gasteiger partial charge in [0.25, 0.3) is 0 Å². The zero-order valence-electron chi connectivity index (χ0n) is 38.0. The van der Waals surface area contributed by atoms with Crippen molar-refractivity contribution >= 4 is 5.91 Å². The highest BCUT2D eigenvalue weighted by molar-refractivity contribution is 5.80. The Morgan fingerprint density at radius 2 is 0.881 bits per heavy atom. The molecular weight excluding hydrogens is 751 g/mol. The first-order chi connectivity index (χ1) is 28.7. The molecule has 0 aromatic rings. The molecule has 0 saturated carbocycles. The number of hydrogen-bond acceptors (Lipinski definition) is 10. The van der Waals surface area contributed by atoms with Crippen LogP contribution in [0.5, 0.6) is 0 Å². The number of ether oxygens (including phenoxy) is 2. The summed E-state index contributed by atoms with van der Waals surface area (Å²) in [5, 5.41) is 75.8. The van der Waals surface area contributed by atoms with E-state index in [1.165, 1.54) is 154 Å². The second-order valence-corrected chi connectivity index (χ2v) is 17.9. The summed E-state index contributed by atoms with van der Waals surface area (Å²) >= 11 is 0. The van der Waals surface area contributed by atoms with Crippen LogP contribution in [0.15, 0.2) is 0 Å². The van der Waals surface area contributed by atoms with Crippen molar-refractivity contribution in [1.29, 1.82) is 0 Å². The Balaban J connectivity index is 2.41. The summed E-state index contributed by atoms with van der Waals surface area (Å²) in [6, 6.07) is -1.16. The summed E-state index contributed by atoms with van der Waals surface area (Å²) in [6.07, 6.45) is 28.5. The molecule has 1 saturated heterocycles. The summed E-state index contributed by atoms with van der Waals surface area (Å²) in [6.45, 7) is 3.46. The van der Waals surface area contributed by atoms with Gasteiger partial charge in [0, 0.05) is 0 Å². The normalized spacial score (nSPS) is 21.7. The molecule has 11 heteroatoms. The van der Waals surface area contributed by atoms with Crippen LogP contribution in [0.4, 0.5) is 0 Å². The van der Waals surface area contributed by atoms with Crippen LogP contribution in [-0.4, -0.2) is 110 Å². The van der Waals surface area contributed by atoms with E-state index in [0.717, 1.165) is 38.5 Å². The van der Waals surface area contributed by atoms with Crippen molar-refractivity contribution in [3.05, 3.63) is 0 Å². The average molecular weight is 846 g/mol. The van der Waals surface area contributed by atoms with Crippen LogP contribution < -0.4 is 5.32 Å². The van der Waals surface area contributed by atoms with Crippen molar-refractivity contribution in [2.45, 2.75) is 287 Å². The van der Waals surface area contributed by atoms with E-state index in [-0.39, 0.29) is 6.42 Å². The molecule has 8 N–H and O–H groups in total. The van der Waals surface area contributed by atoms with Gasteiger partial charge >= 0.3 is 0 Å². The van der Waals surface area contributed by atoms with Crippen LogP contribution in [0.3, 0.4) is 0 Å². The van der Waals surface area contributed by atoms with Crippen molar-refractivity contribution in [1.82, 2.24) is 5.32 Å². The fraction of sp³-hybridized carbons (Fsp3) is 0.979. The smallest absolute Gasteiger partial charge is 0.249 e. The molecule has 1 rings (SSSR count). The number of aliphatic hydroxyl groups excluding tert-OH is 7. The Hall–Kier alpha value is -0.890. The van der Waals surface area contributed by atoms with E-state index in [1.54, 1.807) is 0 Å². The van der Waals surface area contributed by atoms with Crippen molar-refractivity contribution in [2.75, 3.05) is 13.2 Å². The van der Waals surface area contributed by atoms with E-state index in [2.05, 4.69) is 19.2 Å². The number of hydrogen-bond donors (Lipinski definition) is 8. The topological polar surface area (TPSA) is 189 Å². The third-order valence-corrected chi connectivity index (χ3v) is 12.4. The first-order valence-electron chi connectivity index (χ1n) is 24.9. The van der Waals surface area contributed by atoms with Crippen LogP contribution in [0.1, 0.15) is 232 Å². The van der Waals surface area contributed by atoms with Gasteiger partial charge in [0.05, 0.1) is 25.4 Å². The minimum Gasteiger partial charge on any atom is -0.394 e. The van der Waals surface area contributed by atoms with Crippen LogP contribution in [0, 0.1) is 0 Å². The van der Waals surface area contributed by atoms with E-state index in [0.29, 0.717) is 19.3 Å². The SMILES string of the molecule is CCCCCCCCCCCCCCCCCCCC(O)C(O)C(COC1OC(CO)C(O)C(O)C1O)NC(=O)C(O)CCCCCCCCCCCCCCCCC. The Morgan fingerprint density at radius 1 is 0.525 bits per heavy atom. The van der Waals surface area contributed by atoms with Crippen LogP contribution >= 0.6 is 0 Å². The molecule has 1 aliphatic heterocycles. The molecule has 1 fully saturated rings. The molecule has 0 aromatic carbocycles. The molecule has 0 aliphatic carbocycles. The molecule has 11 nitrogen and oxygen atoms in total. The number of amides is 1. The van der Waals surface area contributed by atoms with E-state index in [4.69, 9.17) is 9.47 Å². The molecule has 59 heavy (non-hydrogen) atoms. The summed E-state index contributed by atoms with van der Waals surface area (Å²) in [7, 11) is 0. The minimum atomic E-state index is -1.66. The lowest BCUT2D eigenvalue weighted by Crippen LogP contribution is -2.60. The van der Waals surface area contributed by atoms with Crippen molar-refractivity contribution in [3.63, 3.8) is 0 Å². The predicted octanol–water partition coefficient (Wildman–Crippen LogP) is 8.67.